The molecule has 0 spiro atoms. The first-order valence-electron chi connectivity index (χ1n) is 6.51. The normalized spacial score (nSPS) is 25.0. The Hall–Kier alpha value is -1.16. The van der Waals surface area contributed by atoms with E-state index in [1.807, 2.05) is 12.4 Å². The average Bonchev–Trinajstić information content (AvgIpc) is 2.29. The van der Waals surface area contributed by atoms with Gasteiger partial charge < -0.3 is 10.2 Å². The summed E-state index contributed by atoms with van der Waals surface area (Å²) in [5.41, 5.74) is 1.23. The third-order valence-electron chi connectivity index (χ3n) is 3.07. The van der Waals surface area contributed by atoms with Gasteiger partial charge in [0.2, 0.25) is 5.95 Å². The summed E-state index contributed by atoms with van der Waals surface area (Å²) in [7, 11) is 0. The Morgan fingerprint density at radius 2 is 1.82 bits per heavy atom. The second-order valence-corrected chi connectivity index (χ2v) is 5.02. The highest BCUT2D eigenvalue weighted by molar-refractivity contribution is 5.31. The fourth-order valence-electron chi connectivity index (χ4n) is 2.42. The first kappa shape index (κ1) is 12.3. The summed E-state index contributed by atoms with van der Waals surface area (Å²) in [4.78, 5) is 11.2. The van der Waals surface area contributed by atoms with Gasteiger partial charge in [0, 0.05) is 37.6 Å². The number of rotatable bonds is 3. The van der Waals surface area contributed by atoms with E-state index in [-0.39, 0.29) is 0 Å². The van der Waals surface area contributed by atoms with Gasteiger partial charge in [0.1, 0.15) is 0 Å². The molecule has 0 aliphatic carbocycles. The largest absolute Gasteiger partial charge is 0.338 e. The highest BCUT2D eigenvalue weighted by Gasteiger charge is 2.22. The molecule has 1 saturated heterocycles. The average molecular weight is 234 g/mol. The molecule has 1 N–H and O–H groups in total. The molecule has 0 bridgehead atoms. The van der Waals surface area contributed by atoms with Crippen molar-refractivity contribution in [3.63, 3.8) is 0 Å². The number of piperazine rings is 1. The third-order valence-corrected chi connectivity index (χ3v) is 3.07. The Kier molecular flexibility index (Phi) is 3.94. The Morgan fingerprint density at radius 3 is 2.35 bits per heavy atom. The van der Waals surface area contributed by atoms with E-state index < -0.39 is 0 Å². The summed E-state index contributed by atoms with van der Waals surface area (Å²) in [6.45, 7) is 8.55. The van der Waals surface area contributed by atoms with Crippen LogP contribution in [0.1, 0.15) is 32.8 Å². The maximum Gasteiger partial charge on any atom is 0.225 e. The van der Waals surface area contributed by atoms with Crippen LogP contribution in [0.5, 0.6) is 0 Å². The number of nitrogens with zero attached hydrogens (tertiary/aromatic N) is 3. The Balaban J connectivity index is 2.06. The van der Waals surface area contributed by atoms with Crippen LogP contribution >= 0.6 is 0 Å². The van der Waals surface area contributed by atoms with Crippen LogP contribution in [0.25, 0.3) is 0 Å². The summed E-state index contributed by atoms with van der Waals surface area (Å²) < 4.78 is 0. The molecule has 0 unspecified atom stereocenters. The molecule has 2 atom stereocenters. The standard InChI is InChI=1S/C13H22N4/c1-4-5-12-6-14-13(15-7-12)17-8-10(2)16-11(3)9-17/h6-7,10-11,16H,4-5,8-9H2,1-3H3/t10-,11+. The van der Waals surface area contributed by atoms with E-state index >= 15 is 0 Å². The van der Waals surface area contributed by atoms with E-state index in [0.29, 0.717) is 12.1 Å². The number of aryl methyl sites for hydroxylation is 1. The molecule has 2 heterocycles. The van der Waals surface area contributed by atoms with E-state index in [1.54, 1.807) is 0 Å². The number of aromatic nitrogens is 2. The molecule has 2 rings (SSSR count). The van der Waals surface area contributed by atoms with Crippen LogP contribution in [0, 0.1) is 0 Å². The molecule has 0 aromatic carbocycles. The van der Waals surface area contributed by atoms with Crippen molar-refractivity contribution in [2.75, 3.05) is 18.0 Å². The van der Waals surface area contributed by atoms with Gasteiger partial charge in [0.05, 0.1) is 0 Å². The lowest BCUT2D eigenvalue weighted by Crippen LogP contribution is -2.54. The lowest BCUT2D eigenvalue weighted by atomic mass is 10.1. The van der Waals surface area contributed by atoms with E-state index in [4.69, 9.17) is 0 Å². The molecule has 4 heteroatoms. The predicted octanol–water partition coefficient (Wildman–Crippen LogP) is 1.62. The quantitative estimate of drug-likeness (QED) is 0.863. The van der Waals surface area contributed by atoms with E-state index in [1.165, 1.54) is 5.56 Å². The van der Waals surface area contributed by atoms with Gasteiger partial charge in [-0.05, 0) is 25.8 Å². The minimum absolute atomic E-state index is 0.498. The molecule has 0 saturated carbocycles. The number of hydrogen-bond acceptors (Lipinski definition) is 4. The number of anilines is 1. The molecule has 1 aliphatic rings. The van der Waals surface area contributed by atoms with Crippen LogP contribution in [-0.4, -0.2) is 35.1 Å². The molecular weight excluding hydrogens is 212 g/mol. The summed E-state index contributed by atoms with van der Waals surface area (Å²) >= 11 is 0. The third kappa shape index (κ3) is 3.16. The molecule has 4 nitrogen and oxygen atoms in total. The summed E-state index contributed by atoms with van der Waals surface area (Å²) in [6.07, 6.45) is 6.13. The zero-order valence-electron chi connectivity index (χ0n) is 11.0. The SMILES string of the molecule is CCCc1cnc(N2C[C@@H](C)N[C@@H](C)C2)nc1. The van der Waals surface area contributed by atoms with Gasteiger partial charge in [-0.15, -0.1) is 0 Å². The first-order valence-corrected chi connectivity index (χ1v) is 6.51. The van der Waals surface area contributed by atoms with Crippen molar-refractivity contribution in [1.82, 2.24) is 15.3 Å². The molecule has 0 amide bonds. The van der Waals surface area contributed by atoms with Crippen molar-refractivity contribution < 1.29 is 0 Å². The van der Waals surface area contributed by atoms with Crippen molar-refractivity contribution in [3.05, 3.63) is 18.0 Å². The molecular formula is C13H22N4. The molecule has 0 radical (unpaired) electrons. The van der Waals surface area contributed by atoms with Crippen molar-refractivity contribution >= 4 is 5.95 Å². The van der Waals surface area contributed by atoms with E-state index in [0.717, 1.165) is 31.9 Å². The monoisotopic (exact) mass is 234 g/mol. The van der Waals surface area contributed by atoms with E-state index in [2.05, 4.69) is 41.0 Å². The van der Waals surface area contributed by atoms with Gasteiger partial charge in [0.15, 0.2) is 0 Å². The molecule has 1 fully saturated rings. The smallest absolute Gasteiger partial charge is 0.225 e. The first-order chi connectivity index (χ1) is 8.19. The predicted molar refractivity (Wildman–Crippen MR) is 70.3 cm³/mol. The maximum atomic E-state index is 4.48. The zero-order chi connectivity index (χ0) is 12.3. The highest BCUT2D eigenvalue weighted by atomic mass is 15.3. The lowest BCUT2D eigenvalue weighted by Gasteiger charge is -2.36. The maximum absolute atomic E-state index is 4.48. The van der Waals surface area contributed by atoms with Crippen molar-refractivity contribution in [2.45, 2.75) is 45.7 Å². The topological polar surface area (TPSA) is 41.1 Å². The van der Waals surface area contributed by atoms with E-state index in [9.17, 15) is 0 Å². The van der Waals surface area contributed by atoms with Crippen molar-refractivity contribution in [1.29, 1.82) is 0 Å². The Bertz CT molecular complexity index is 339. The second kappa shape index (κ2) is 5.45. The van der Waals surface area contributed by atoms with Gasteiger partial charge in [0.25, 0.3) is 0 Å². The summed E-state index contributed by atoms with van der Waals surface area (Å²) in [5.74, 6) is 0.866. The van der Waals surface area contributed by atoms with Crippen LogP contribution in [0.3, 0.4) is 0 Å². The molecule has 1 aromatic heterocycles. The summed E-state index contributed by atoms with van der Waals surface area (Å²) in [5, 5.41) is 3.51. The van der Waals surface area contributed by atoms with Crippen molar-refractivity contribution in [2.24, 2.45) is 0 Å². The number of nitrogens with one attached hydrogen (secondary N) is 1. The Morgan fingerprint density at radius 1 is 1.24 bits per heavy atom. The van der Waals surface area contributed by atoms with Gasteiger partial charge in [-0.25, -0.2) is 9.97 Å². The van der Waals surface area contributed by atoms with Crippen LogP contribution in [0.2, 0.25) is 0 Å². The fourth-order valence-corrected chi connectivity index (χ4v) is 2.42. The van der Waals surface area contributed by atoms with Gasteiger partial charge >= 0.3 is 0 Å². The van der Waals surface area contributed by atoms with Gasteiger partial charge in [-0.2, -0.15) is 0 Å². The van der Waals surface area contributed by atoms with Crippen LogP contribution in [-0.2, 0) is 6.42 Å². The summed E-state index contributed by atoms with van der Waals surface area (Å²) in [6, 6.07) is 0.996. The molecule has 94 valence electrons. The molecule has 1 aliphatic heterocycles. The van der Waals surface area contributed by atoms with Crippen LogP contribution in [0.4, 0.5) is 5.95 Å². The molecule has 1 aromatic rings. The van der Waals surface area contributed by atoms with Gasteiger partial charge in [-0.3, -0.25) is 0 Å². The van der Waals surface area contributed by atoms with Crippen LogP contribution in [0.15, 0.2) is 12.4 Å². The van der Waals surface area contributed by atoms with Crippen molar-refractivity contribution in [3.8, 4) is 0 Å². The fraction of sp³-hybridized carbons (Fsp3) is 0.692. The highest BCUT2D eigenvalue weighted by Crippen LogP contribution is 2.12. The Labute approximate surface area is 103 Å². The van der Waals surface area contributed by atoms with Crippen LogP contribution < -0.4 is 10.2 Å². The molecule has 17 heavy (non-hydrogen) atoms. The lowest BCUT2D eigenvalue weighted by molar-refractivity contribution is 0.403. The zero-order valence-corrected chi connectivity index (χ0v) is 11.0. The second-order valence-electron chi connectivity index (χ2n) is 5.02. The van der Waals surface area contributed by atoms with Gasteiger partial charge in [-0.1, -0.05) is 13.3 Å². The minimum Gasteiger partial charge on any atom is -0.338 e. The number of hydrogen-bond donors (Lipinski definition) is 1. The minimum atomic E-state index is 0.498.